The number of carbonyl (C=O) groups excluding carboxylic acids is 1. The number of rotatable bonds is 9. The van der Waals surface area contributed by atoms with E-state index in [2.05, 4.69) is 43.3 Å². The van der Waals surface area contributed by atoms with Crippen molar-refractivity contribution in [3.05, 3.63) is 36.2 Å². The third-order valence-electron chi connectivity index (χ3n) is 5.80. The number of fused-ring (bicyclic) bond motifs is 2. The molecule has 1 aromatic heterocycles. The van der Waals surface area contributed by atoms with Crippen molar-refractivity contribution in [1.29, 1.82) is 0 Å². The molecule has 0 aliphatic carbocycles. The van der Waals surface area contributed by atoms with Gasteiger partial charge >= 0.3 is 5.97 Å². The second-order valence-corrected chi connectivity index (χ2v) is 9.02. The summed E-state index contributed by atoms with van der Waals surface area (Å²) in [6.45, 7) is 6.35. The first-order chi connectivity index (χ1) is 15.7. The molecule has 9 heteroatoms. The Morgan fingerprint density at radius 2 is 2.06 bits per heavy atom. The zero-order valence-electron chi connectivity index (χ0n) is 18.7. The van der Waals surface area contributed by atoms with E-state index in [1.165, 1.54) is 5.56 Å². The van der Waals surface area contributed by atoms with Crippen molar-refractivity contribution < 1.29 is 14.3 Å². The van der Waals surface area contributed by atoms with Gasteiger partial charge in [0, 0.05) is 43.5 Å². The molecule has 0 unspecified atom stereocenters. The van der Waals surface area contributed by atoms with Crippen molar-refractivity contribution in [2.75, 3.05) is 45.0 Å². The molecule has 2 aliphatic heterocycles. The molecule has 4 rings (SSSR count). The van der Waals surface area contributed by atoms with Crippen LogP contribution in [-0.2, 0) is 20.8 Å². The Hall–Kier alpha value is -2.20. The molecule has 8 nitrogen and oxygen atoms in total. The Balaban J connectivity index is 1.31. The van der Waals surface area contributed by atoms with Crippen molar-refractivity contribution in [1.82, 2.24) is 20.2 Å². The predicted octanol–water partition coefficient (Wildman–Crippen LogP) is 3.19. The standard InChI is InChI=1S/C23H31N5O3S/c1-3-31-21(29)8-13-27-11-6-18(7-12-27)26-15-17-4-5-20-19(14-17)28(16-30-2)22-23(32-20)25-10-9-24-22/h4-5,9-10,14,18,26H,3,6-8,11-13,15-16H2,1-2H3. The van der Waals surface area contributed by atoms with Crippen LogP contribution >= 0.6 is 11.8 Å². The minimum absolute atomic E-state index is 0.102. The number of aromatic nitrogens is 2. The Kier molecular flexibility index (Phi) is 7.96. The molecular formula is C23H31N5O3S. The lowest BCUT2D eigenvalue weighted by Gasteiger charge is -2.32. The lowest BCUT2D eigenvalue weighted by molar-refractivity contribution is -0.143. The van der Waals surface area contributed by atoms with Crippen molar-refractivity contribution >= 4 is 29.2 Å². The number of benzene rings is 1. The lowest BCUT2D eigenvalue weighted by atomic mass is 10.0. The molecule has 2 aromatic rings. The minimum Gasteiger partial charge on any atom is -0.466 e. The molecule has 2 aliphatic rings. The van der Waals surface area contributed by atoms with Gasteiger partial charge < -0.3 is 19.7 Å². The smallest absolute Gasteiger partial charge is 0.307 e. The van der Waals surface area contributed by atoms with Crippen LogP contribution in [0.1, 0.15) is 31.7 Å². The van der Waals surface area contributed by atoms with Crippen LogP contribution in [-0.4, -0.2) is 67.0 Å². The molecular weight excluding hydrogens is 426 g/mol. The molecule has 0 amide bonds. The number of piperidine rings is 1. The van der Waals surface area contributed by atoms with Crippen molar-refractivity contribution in [2.24, 2.45) is 0 Å². The molecule has 0 atom stereocenters. The first-order valence-corrected chi connectivity index (χ1v) is 12.0. The first-order valence-electron chi connectivity index (χ1n) is 11.2. The SMILES string of the molecule is CCOC(=O)CCN1CCC(NCc2ccc3c(c2)N(COC)c2nccnc2S3)CC1. The number of hydrogen-bond donors (Lipinski definition) is 1. The molecule has 172 valence electrons. The number of nitrogens with one attached hydrogen (secondary N) is 1. The van der Waals surface area contributed by atoms with Gasteiger partial charge in [-0.05, 0) is 50.6 Å². The van der Waals surface area contributed by atoms with E-state index < -0.39 is 0 Å². The summed E-state index contributed by atoms with van der Waals surface area (Å²) in [5.41, 5.74) is 2.35. The van der Waals surface area contributed by atoms with Crippen LogP contribution in [0.4, 0.5) is 11.5 Å². The van der Waals surface area contributed by atoms with E-state index in [0.29, 0.717) is 25.8 Å². The predicted molar refractivity (Wildman–Crippen MR) is 124 cm³/mol. The third-order valence-corrected chi connectivity index (χ3v) is 6.85. The number of methoxy groups -OCH3 is 1. The Morgan fingerprint density at radius 1 is 1.25 bits per heavy atom. The van der Waals surface area contributed by atoms with E-state index in [0.717, 1.165) is 60.4 Å². The first kappa shape index (κ1) is 23.0. The largest absolute Gasteiger partial charge is 0.466 e. The van der Waals surface area contributed by atoms with Gasteiger partial charge in [-0.1, -0.05) is 17.8 Å². The number of anilines is 2. The Morgan fingerprint density at radius 3 is 2.84 bits per heavy atom. The van der Waals surface area contributed by atoms with Crippen LogP contribution < -0.4 is 10.2 Å². The van der Waals surface area contributed by atoms with Gasteiger partial charge in [0.1, 0.15) is 11.8 Å². The van der Waals surface area contributed by atoms with Gasteiger partial charge in [0.25, 0.3) is 0 Å². The normalized spacial score (nSPS) is 16.5. The summed E-state index contributed by atoms with van der Waals surface area (Å²) in [6, 6.07) is 7.05. The monoisotopic (exact) mass is 457 g/mol. The summed E-state index contributed by atoms with van der Waals surface area (Å²) >= 11 is 1.65. The van der Waals surface area contributed by atoms with Gasteiger partial charge in [-0.25, -0.2) is 9.97 Å². The van der Waals surface area contributed by atoms with Crippen LogP contribution in [0.25, 0.3) is 0 Å². The summed E-state index contributed by atoms with van der Waals surface area (Å²) in [7, 11) is 1.70. The highest BCUT2D eigenvalue weighted by Gasteiger charge is 2.26. The zero-order chi connectivity index (χ0) is 22.3. The van der Waals surface area contributed by atoms with E-state index in [9.17, 15) is 4.79 Å². The van der Waals surface area contributed by atoms with Crippen LogP contribution in [0.3, 0.4) is 0 Å². The number of esters is 1. The van der Waals surface area contributed by atoms with E-state index in [1.54, 1.807) is 31.3 Å². The van der Waals surface area contributed by atoms with Crippen molar-refractivity contribution in [3.8, 4) is 0 Å². The van der Waals surface area contributed by atoms with Crippen LogP contribution in [0, 0.1) is 0 Å². The zero-order valence-corrected chi connectivity index (χ0v) is 19.6. The van der Waals surface area contributed by atoms with Gasteiger partial charge in [-0.15, -0.1) is 0 Å². The maximum absolute atomic E-state index is 11.6. The average Bonchev–Trinajstić information content (AvgIpc) is 2.82. The van der Waals surface area contributed by atoms with Gasteiger partial charge in [-0.3, -0.25) is 9.69 Å². The van der Waals surface area contributed by atoms with E-state index in [1.807, 2.05) is 6.92 Å². The molecule has 3 heterocycles. The highest BCUT2D eigenvalue weighted by atomic mass is 32.2. The summed E-state index contributed by atoms with van der Waals surface area (Å²) in [6.07, 6.45) is 6.09. The van der Waals surface area contributed by atoms with Crippen LogP contribution in [0.2, 0.25) is 0 Å². The summed E-state index contributed by atoms with van der Waals surface area (Å²) in [4.78, 5) is 26.2. The number of nitrogens with zero attached hydrogens (tertiary/aromatic N) is 4. The highest BCUT2D eigenvalue weighted by Crippen LogP contribution is 2.46. The van der Waals surface area contributed by atoms with Gasteiger partial charge in [-0.2, -0.15) is 0 Å². The number of ether oxygens (including phenoxy) is 2. The maximum atomic E-state index is 11.6. The number of likely N-dealkylation sites (tertiary alicyclic amines) is 1. The van der Waals surface area contributed by atoms with E-state index in [4.69, 9.17) is 9.47 Å². The fourth-order valence-electron chi connectivity index (χ4n) is 4.13. The molecule has 32 heavy (non-hydrogen) atoms. The summed E-state index contributed by atoms with van der Waals surface area (Å²) in [5, 5.41) is 4.61. The number of carbonyl (C=O) groups is 1. The maximum Gasteiger partial charge on any atom is 0.307 e. The Bertz CT molecular complexity index is 920. The summed E-state index contributed by atoms with van der Waals surface area (Å²) in [5.74, 6) is 0.738. The lowest BCUT2D eigenvalue weighted by Crippen LogP contribution is -2.42. The minimum atomic E-state index is -0.102. The second kappa shape index (κ2) is 11.1. The average molecular weight is 458 g/mol. The van der Waals surface area contributed by atoms with Gasteiger partial charge in [0.15, 0.2) is 5.82 Å². The van der Waals surface area contributed by atoms with Crippen molar-refractivity contribution in [2.45, 2.75) is 48.7 Å². The topological polar surface area (TPSA) is 79.8 Å². The third kappa shape index (κ3) is 5.58. The van der Waals surface area contributed by atoms with Gasteiger partial charge in [0.05, 0.1) is 18.7 Å². The molecule has 1 aromatic carbocycles. The quantitative estimate of drug-likeness (QED) is 0.571. The van der Waals surface area contributed by atoms with E-state index >= 15 is 0 Å². The second-order valence-electron chi connectivity index (χ2n) is 7.99. The van der Waals surface area contributed by atoms with Crippen LogP contribution in [0.15, 0.2) is 40.5 Å². The molecule has 0 bridgehead atoms. The molecule has 0 spiro atoms. The molecule has 0 radical (unpaired) electrons. The fraction of sp³-hybridized carbons (Fsp3) is 0.522. The van der Waals surface area contributed by atoms with Gasteiger partial charge in [0.2, 0.25) is 0 Å². The molecule has 1 fully saturated rings. The molecule has 0 saturated carbocycles. The summed E-state index contributed by atoms with van der Waals surface area (Å²) < 4.78 is 10.5. The fourth-order valence-corrected chi connectivity index (χ4v) is 5.11. The Labute approximate surface area is 193 Å². The van der Waals surface area contributed by atoms with Crippen LogP contribution in [0.5, 0.6) is 0 Å². The van der Waals surface area contributed by atoms with Crippen molar-refractivity contribution in [3.63, 3.8) is 0 Å². The van der Waals surface area contributed by atoms with E-state index in [-0.39, 0.29) is 5.97 Å². The number of hydrogen-bond acceptors (Lipinski definition) is 9. The highest BCUT2D eigenvalue weighted by molar-refractivity contribution is 7.99. The molecule has 1 N–H and O–H groups in total. The molecule has 1 saturated heterocycles.